The number of methoxy groups -OCH3 is 1. The van der Waals surface area contributed by atoms with Gasteiger partial charge in [0.25, 0.3) is 0 Å². The largest absolute Gasteiger partial charge is 0.370 e. The third kappa shape index (κ3) is 2.90. The van der Waals surface area contributed by atoms with Crippen molar-refractivity contribution < 1.29 is 9.26 Å². The molecule has 1 aliphatic carbocycles. The maximum absolute atomic E-state index is 5.96. The second kappa shape index (κ2) is 4.97. The molecule has 1 fully saturated rings. The normalized spacial score (nSPS) is 20.0. The molecule has 2 N–H and O–H groups in total. The molecule has 0 saturated heterocycles. The molecule has 0 bridgehead atoms. The molecule has 0 aliphatic heterocycles. The predicted octanol–water partition coefficient (Wildman–Crippen LogP) is 2.16. The van der Waals surface area contributed by atoms with Gasteiger partial charge in [0.2, 0.25) is 11.7 Å². The van der Waals surface area contributed by atoms with Gasteiger partial charge < -0.3 is 15.0 Å². The van der Waals surface area contributed by atoms with Crippen LogP contribution >= 0.6 is 0 Å². The minimum atomic E-state index is -0.348. The van der Waals surface area contributed by atoms with E-state index >= 15 is 0 Å². The van der Waals surface area contributed by atoms with E-state index in [2.05, 4.69) is 10.1 Å². The van der Waals surface area contributed by atoms with Crippen molar-refractivity contribution in [2.45, 2.75) is 63.5 Å². The number of nitrogens with two attached hydrogens (primary N) is 1. The highest BCUT2D eigenvalue weighted by Gasteiger charge is 2.38. The Bertz CT molecular complexity index is 389. The summed E-state index contributed by atoms with van der Waals surface area (Å²) in [6.45, 7) is 3.90. The zero-order valence-corrected chi connectivity index (χ0v) is 11.5. The minimum Gasteiger partial charge on any atom is -0.370 e. The monoisotopic (exact) mass is 253 g/mol. The first-order valence-corrected chi connectivity index (χ1v) is 6.62. The molecule has 5 heteroatoms. The van der Waals surface area contributed by atoms with E-state index in [1.54, 1.807) is 7.11 Å². The molecule has 0 atom stereocenters. The van der Waals surface area contributed by atoms with Crippen molar-refractivity contribution in [3.63, 3.8) is 0 Å². The topological polar surface area (TPSA) is 74.2 Å². The summed E-state index contributed by atoms with van der Waals surface area (Å²) in [6, 6.07) is 0. The molecule has 1 saturated carbocycles. The molecular formula is C13H23N3O2. The molecule has 0 unspecified atom stereocenters. The Balaban J connectivity index is 2.17. The SMILES string of the molecule is COC1(c2noc(CC(C)(C)N)n2)CCCCC1. The first kappa shape index (κ1) is 13.5. The van der Waals surface area contributed by atoms with E-state index in [4.69, 9.17) is 15.0 Å². The summed E-state index contributed by atoms with van der Waals surface area (Å²) in [4.78, 5) is 4.48. The molecule has 0 amide bonds. The fraction of sp³-hybridized carbons (Fsp3) is 0.846. The van der Waals surface area contributed by atoms with Gasteiger partial charge in [-0.15, -0.1) is 0 Å². The molecule has 1 aromatic heterocycles. The minimum absolute atomic E-state index is 0.337. The van der Waals surface area contributed by atoms with Crippen LogP contribution in [0.2, 0.25) is 0 Å². The summed E-state index contributed by atoms with van der Waals surface area (Å²) in [7, 11) is 1.73. The third-order valence-corrected chi connectivity index (χ3v) is 3.53. The summed E-state index contributed by atoms with van der Waals surface area (Å²) in [5, 5.41) is 4.10. The smallest absolute Gasteiger partial charge is 0.228 e. The number of aromatic nitrogens is 2. The Morgan fingerprint density at radius 2 is 2.00 bits per heavy atom. The van der Waals surface area contributed by atoms with E-state index in [1.807, 2.05) is 13.8 Å². The lowest BCUT2D eigenvalue weighted by atomic mass is 9.84. The van der Waals surface area contributed by atoms with Gasteiger partial charge in [0, 0.05) is 19.1 Å². The van der Waals surface area contributed by atoms with Crippen molar-refractivity contribution in [3.05, 3.63) is 11.7 Å². The molecule has 1 aliphatic rings. The zero-order chi connectivity index (χ0) is 13.2. The Kier molecular flexibility index (Phi) is 3.73. The fourth-order valence-corrected chi connectivity index (χ4v) is 2.54. The van der Waals surface area contributed by atoms with E-state index in [0.29, 0.717) is 18.1 Å². The van der Waals surface area contributed by atoms with Gasteiger partial charge in [-0.1, -0.05) is 24.4 Å². The molecule has 5 nitrogen and oxygen atoms in total. The van der Waals surface area contributed by atoms with Gasteiger partial charge in [0.05, 0.1) is 0 Å². The summed E-state index contributed by atoms with van der Waals surface area (Å²) in [5.41, 5.74) is 5.28. The average Bonchev–Trinajstić information content (AvgIpc) is 2.76. The van der Waals surface area contributed by atoms with Crippen molar-refractivity contribution in [1.29, 1.82) is 0 Å². The van der Waals surface area contributed by atoms with Crippen molar-refractivity contribution in [1.82, 2.24) is 10.1 Å². The van der Waals surface area contributed by atoms with E-state index in [-0.39, 0.29) is 11.1 Å². The standard InChI is InChI=1S/C13H23N3O2/c1-12(2,14)9-10-15-11(16-18-10)13(17-3)7-5-4-6-8-13/h4-9,14H2,1-3H3. The lowest BCUT2D eigenvalue weighted by molar-refractivity contribution is -0.0527. The van der Waals surface area contributed by atoms with Gasteiger partial charge in [-0.3, -0.25) is 0 Å². The second-order valence-electron chi connectivity index (χ2n) is 5.94. The summed E-state index contributed by atoms with van der Waals surface area (Å²) >= 11 is 0. The Morgan fingerprint density at radius 1 is 1.33 bits per heavy atom. The molecule has 102 valence electrons. The van der Waals surface area contributed by atoms with Gasteiger partial charge in [-0.25, -0.2) is 0 Å². The molecule has 0 radical (unpaired) electrons. The Labute approximate surface area is 108 Å². The van der Waals surface area contributed by atoms with E-state index in [1.165, 1.54) is 6.42 Å². The maximum atomic E-state index is 5.96. The van der Waals surface area contributed by atoms with Crippen LogP contribution in [0.3, 0.4) is 0 Å². The molecule has 18 heavy (non-hydrogen) atoms. The van der Waals surface area contributed by atoms with Gasteiger partial charge in [-0.05, 0) is 26.7 Å². The highest BCUT2D eigenvalue weighted by atomic mass is 16.5. The van der Waals surface area contributed by atoms with Crippen molar-refractivity contribution >= 4 is 0 Å². The summed E-state index contributed by atoms with van der Waals surface area (Å²) in [5.74, 6) is 1.28. The van der Waals surface area contributed by atoms with Crippen molar-refractivity contribution in [2.24, 2.45) is 5.73 Å². The maximum Gasteiger partial charge on any atom is 0.228 e. The first-order valence-electron chi connectivity index (χ1n) is 6.62. The summed E-state index contributed by atoms with van der Waals surface area (Å²) < 4.78 is 11.0. The zero-order valence-electron chi connectivity index (χ0n) is 11.5. The number of nitrogens with zero attached hydrogens (tertiary/aromatic N) is 2. The van der Waals surface area contributed by atoms with Gasteiger partial charge in [0.15, 0.2) is 0 Å². The first-order chi connectivity index (χ1) is 8.45. The van der Waals surface area contributed by atoms with Gasteiger partial charge in [0.1, 0.15) is 5.60 Å². The van der Waals surface area contributed by atoms with Crippen LogP contribution in [0.4, 0.5) is 0 Å². The van der Waals surface area contributed by atoms with Crippen molar-refractivity contribution in [2.75, 3.05) is 7.11 Å². The molecule has 2 rings (SSSR count). The number of hydrogen-bond acceptors (Lipinski definition) is 5. The van der Waals surface area contributed by atoms with Crippen LogP contribution in [0.15, 0.2) is 4.52 Å². The van der Waals surface area contributed by atoms with Gasteiger partial charge in [-0.2, -0.15) is 4.98 Å². The second-order valence-corrected chi connectivity index (χ2v) is 5.94. The molecule has 0 aromatic carbocycles. The highest BCUT2D eigenvalue weighted by Crippen LogP contribution is 2.38. The van der Waals surface area contributed by atoms with Crippen LogP contribution in [-0.4, -0.2) is 22.8 Å². The molecule has 0 spiro atoms. The fourth-order valence-electron chi connectivity index (χ4n) is 2.54. The van der Waals surface area contributed by atoms with Crippen LogP contribution in [0.1, 0.15) is 57.7 Å². The Hall–Kier alpha value is -0.940. The highest BCUT2D eigenvalue weighted by molar-refractivity contribution is 5.04. The van der Waals surface area contributed by atoms with E-state index in [9.17, 15) is 0 Å². The molecular weight excluding hydrogens is 230 g/mol. The number of hydrogen-bond donors (Lipinski definition) is 1. The van der Waals surface area contributed by atoms with E-state index in [0.717, 1.165) is 25.7 Å². The van der Waals surface area contributed by atoms with E-state index < -0.39 is 0 Å². The summed E-state index contributed by atoms with van der Waals surface area (Å²) in [6.07, 6.45) is 6.08. The van der Waals surface area contributed by atoms with Gasteiger partial charge >= 0.3 is 0 Å². The Morgan fingerprint density at radius 3 is 2.56 bits per heavy atom. The molecule has 1 heterocycles. The lowest BCUT2D eigenvalue weighted by Gasteiger charge is -2.32. The number of ether oxygens (including phenoxy) is 1. The van der Waals surface area contributed by atoms with Crippen LogP contribution in [0, 0.1) is 0 Å². The van der Waals surface area contributed by atoms with Crippen LogP contribution in [0.5, 0.6) is 0 Å². The lowest BCUT2D eigenvalue weighted by Crippen LogP contribution is -2.35. The number of rotatable bonds is 4. The third-order valence-electron chi connectivity index (χ3n) is 3.53. The van der Waals surface area contributed by atoms with Crippen LogP contribution in [-0.2, 0) is 16.8 Å². The molecule has 1 aromatic rings. The predicted molar refractivity (Wildman–Crippen MR) is 68.0 cm³/mol. The van der Waals surface area contributed by atoms with Crippen LogP contribution < -0.4 is 5.73 Å². The average molecular weight is 253 g/mol. The van der Waals surface area contributed by atoms with Crippen molar-refractivity contribution in [3.8, 4) is 0 Å². The quantitative estimate of drug-likeness (QED) is 0.890. The van der Waals surface area contributed by atoms with Crippen LogP contribution in [0.25, 0.3) is 0 Å².